The highest BCUT2D eigenvalue weighted by molar-refractivity contribution is 7.79. The van der Waals surface area contributed by atoms with Gasteiger partial charge in [0.15, 0.2) is 11.1 Å². The highest BCUT2D eigenvalue weighted by atomic mass is 35.5. The summed E-state index contributed by atoms with van der Waals surface area (Å²) in [4.78, 5) is 10.4. The summed E-state index contributed by atoms with van der Waals surface area (Å²) in [5, 5.41) is 8.54. The van der Waals surface area contributed by atoms with Gasteiger partial charge < -0.3 is 9.66 Å². The number of carbonyl (C=O) groups is 1. The molecular weight excluding hydrogens is 251 g/mol. The van der Waals surface area contributed by atoms with Crippen LogP contribution in [0.2, 0.25) is 10.0 Å². The van der Waals surface area contributed by atoms with E-state index in [9.17, 15) is 9.00 Å². The van der Waals surface area contributed by atoms with E-state index in [1.165, 1.54) is 0 Å². The van der Waals surface area contributed by atoms with Gasteiger partial charge in [0.2, 0.25) is 0 Å². The largest absolute Gasteiger partial charge is 0.478 e. The first-order valence-corrected chi connectivity index (χ1v) is 5.13. The number of aromatic carboxylic acids is 1. The fourth-order valence-electron chi connectivity index (χ4n) is 0.827. The molecule has 0 bridgehead atoms. The Morgan fingerprint density at radius 3 is 2.29 bits per heavy atom. The van der Waals surface area contributed by atoms with Crippen LogP contribution >= 0.6 is 23.2 Å². The van der Waals surface area contributed by atoms with Gasteiger partial charge in [-0.25, -0.2) is 9.00 Å². The highest BCUT2D eigenvalue weighted by Crippen LogP contribution is 2.27. The second kappa shape index (κ2) is 4.27. The average Bonchev–Trinajstić information content (AvgIpc) is 2.02. The van der Waals surface area contributed by atoms with Crippen LogP contribution in [0.15, 0.2) is 17.0 Å². The molecule has 1 aromatic rings. The molecule has 1 atom stereocenters. The van der Waals surface area contributed by atoms with Crippen LogP contribution in [0.25, 0.3) is 0 Å². The van der Waals surface area contributed by atoms with Gasteiger partial charge in [0.05, 0.1) is 20.5 Å². The molecule has 0 amide bonds. The normalized spacial score (nSPS) is 12.5. The molecule has 0 radical (unpaired) electrons. The molecule has 4 nitrogen and oxygen atoms in total. The minimum absolute atomic E-state index is 0.0409. The van der Waals surface area contributed by atoms with Gasteiger partial charge in [0.25, 0.3) is 0 Å². The fraction of sp³-hybridized carbons (Fsp3) is 0. The molecule has 1 unspecified atom stereocenters. The Labute approximate surface area is 91.7 Å². The van der Waals surface area contributed by atoms with Gasteiger partial charge in [-0.05, 0) is 12.1 Å². The summed E-state index contributed by atoms with van der Waals surface area (Å²) in [5.74, 6) is -1.28. The van der Waals surface area contributed by atoms with Gasteiger partial charge in [-0.1, -0.05) is 23.2 Å². The monoisotopic (exact) mass is 254 g/mol. The zero-order valence-corrected chi connectivity index (χ0v) is 8.86. The molecule has 0 aliphatic heterocycles. The van der Waals surface area contributed by atoms with E-state index >= 15 is 0 Å². The zero-order valence-electron chi connectivity index (χ0n) is 6.53. The third kappa shape index (κ3) is 2.24. The minimum Gasteiger partial charge on any atom is -0.478 e. The van der Waals surface area contributed by atoms with E-state index < -0.39 is 17.0 Å². The van der Waals surface area contributed by atoms with Crippen LogP contribution in [0.5, 0.6) is 0 Å². The number of carboxylic acid groups (broad SMARTS) is 1. The zero-order chi connectivity index (χ0) is 10.9. The molecule has 2 N–H and O–H groups in total. The molecule has 0 aromatic heterocycles. The lowest BCUT2D eigenvalue weighted by Gasteiger charge is -2.03. The quantitative estimate of drug-likeness (QED) is 0.795. The van der Waals surface area contributed by atoms with Crippen molar-refractivity contribution in [2.75, 3.05) is 0 Å². The maximum absolute atomic E-state index is 10.7. The van der Waals surface area contributed by atoms with Crippen molar-refractivity contribution in [2.24, 2.45) is 0 Å². The molecule has 0 spiro atoms. The molecule has 0 saturated heterocycles. The number of halogens is 2. The Bertz CT molecular complexity index is 383. The summed E-state index contributed by atoms with van der Waals surface area (Å²) in [6, 6.07) is 2.10. The van der Waals surface area contributed by atoms with E-state index in [-0.39, 0.29) is 20.5 Å². The van der Waals surface area contributed by atoms with Crippen LogP contribution in [0.1, 0.15) is 10.4 Å². The first kappa shape index (κ1) is 11.5. The Morgan fingerprint density at radius 1 is 1.29 bits per heavy atom. The predicted molar refractivity (Wildman–Crippen MR) is 52.5 cm³/mol. The Morgan fingerprint density at radius 2 is 1.86 bits per heavy atom. The number of rotatable bonds is 2. The fourth-order valence-corrected chi connectivity index (χ4v) is 1.93. The summed E-state index contributed by atoms with van der Waals surface area (Å²) in [6.45, 7) is 0. The van der Waals surface area contributed by atoms with Crippen LogP contribution in [-0.2, 0) is 11.1 Å². The molecule has 0 fully saturated rings. The smallest absolute Gasteiger partial charge is 0.337 e. The second-order valence-electron chi connectivity index (χ2n) is 2.32. The lowest BCUT2D eigenvalue weighted by molar-refractivity contribution is 0.0697. The van der Waals surface area contributed by atoms with Crippen LogP contribution in [0, 0.1) is 0 Å². The standard InChI is InChI=1S/C7H4Cl2O4S/c8-4-2-5(9)6(14(12)13)1-3(4)7(10)11/h1-2H,(H,10,11)(H,12,13). The van der Waals surface area contributed by atoms with E-state index in [0.717, 1.165) is 12.1 Å². The minimum atomic E-state index is -2.33. The van der Waals surface area contributed by atoms with Crippen LogP contribution < -0.4 is 0 Å². The van der Waals surface area contributed by atoms with Crippen LogP contribution in [0.3, 0.4) is 0 Å². The van der Waals surface area contributed by atoms with Gasteiger partial charge in [-0.3, -0.25) is 0 Å². The number of carboxylic acids is 1. The lowest BCUT2D eigenvalue weighted by Crippen LogP contribution is -2.00. The second-order valence-corrected chi connectivity index (χ2v) is 4.07. The van der Waals surface area contributed by atoms with Gasteiger partial charge in [0, 0.05) is 0 Å². The molecular formula is C7H4Cl2O4S. The average molecular weight is 255 g/mol. The Hall–Kier alpha value is -0.620. The summed E-state index contributed by atoms with van der Waals surface area (Å²) in [5.41, 5.74) is -0.256. The molecule has 1 rings (SSSR count). The number of hydrogen-bond donors (Lipinski definition) is 2. The molecule has 1 aromatic carbocycles. The summed E-state index contributed by atoms with van der Waals surface area (Å²) in [7, 11) is 0. The Balaban J connectivity index is 3.42. The first-order valence-electron chi connectivity index (χ1n) is 3.26. The molecule has 0 heterocycles. The highest BCUT2D eigenvalue weighted by Gasteiger charge is 2.15. The van der Waals surface area contributed by atoms with Crippen molar-refractivity contribution in [3.63, 3.8) is 0 Å². The number of hydrogen-bond acceptors (Lipinski definition) is 2. The predicted octanol–water partition coefficient (Wildman–Crippen LogP) is 2.27. The van der Waals surface area contributed by atoms with Crippen molar-refractivity contribution in [3.8, 4) is 0 Å². The summed E-state index contributed by atoms with van der Waals surface area (Å²) < 4.78 is 19.5. The van der Waals surface area contributed by atoms with E-state index in [4.69, 9.17) is 32.9 Å². The van der Waals surface area contributed by atoms with Gasteiger partial charge >= 0.3 is 5.97 Å². The maximum Gasteiger partial charge on any atom is 0.337 e. The molecule has 76 valence electrons. The maximum atomic E-state index is 10.7. The first-order chi connectivity index (χ1) is 6.43. The van der Waals surface area contributed by atoms with Gasteiger partial charge in [-0.2, -0.15) is 0 Å². The third-order valence-corrected chi connectivity index (χ3v) is 2.89. The van der Waals surface area contributed by atoms with Crippen molar-refractivity contribution >= 4 is 40.3 Å². The van der Waals surface area contributed by atoms with Crippen LogP contribution in [-0.4, -0.2) is 19.8 Å². The molecule has 0 aliphatic carbocycles. The third-order valence-electron chi connectivity index (χ3n) is 1.44. The SMILES string of the molecule is O=C(O)c1cc(S(=O)O)c(Cl)cc1Cl. The van der Waals surface area contributed by atoms with Crippen molar-refractivity contribution in [1.82, 2.24) is 0 Å². The van der Waals surface area contributed by atoms with Crippen LogP contribution in [0.4, 0.5) is 0 Å². The van der Waals surface area contributed by atoms with Gasteiger partial charge in [0.1, 0.15) is 0 Å². The van der Waals surface area contributed by atoms with E-state index in [2.05, 4.69) is 0 Å². The summed E-state index contributed by atoms with van der Waals surface area (Å²) in [6.07, 6.45) is 0. The van der Waals surface area contributed by atoms with Gasteiger partial charge in [-0.15, -0.1) is 0 Å². The van der Waals surface area contributed by atoms with Crippen molar-refractivity contribution in [2.45, 2.75) is 4.90 Å². The van der Waals surface area contributed by atoms with E-state index in [1.807, 2.05) is 0 Å². The molecule has 0 saturated carbocycles. The molecule has 0 aliphatic rings. The van der Waals surface area contributed by atoms with E-state index in [1.54, 1.807) is 0 Å². The van der Waals surface area contributed by atoms with Crippen molar-refractivity contribution in [1.29, 1.82) is 0 Å². The molecule has 14 heavy (non-hydrogen) atoms. The number of benzene rings is 1. The lowest BCUT2D eigenvalue weighted by atomic mass is 10.2. The molecule has 7 heteroatoms. The van der Waals surface area contributed by atoms with Crippen molar-refractivity contribution in [3.05, 3.63) is 27.7 Å². The Kier molecular flexibility index (Phi) is 3.49. The van der Waals surface area contributed by atoms with Crippen molar-refractivity contribution < 1.29 is 18.7 Å². The topological polar surface area (TPSA) is 74.6 Å². The van der Waals surface area contributed by atoms with E-state index in [0.29, 0.717) is 0 Å². The summed E-state index contributed by atoms with van der Waals surface area (Å²) >= 11 is 8.80.